The summed E-state index contributed by atoms with van der Waals surface area (Å²) in [5.41, 5.74) is 4.15. The Morgan fingerprint density at radius 3 is 2.56 bits per heavy atom. The average molecular weight is 503 g/mol. The number of hydrogen-bond acceptors (Lipinski definition) is 4. The van der Waals surface area contributed by atoms with E-state index in [2.05, 4.69) is 20.0 Å². The number of H-pyrrole nitrogens is 1. The van der Waals surface area contributed by atoms with Crippen molar-refractivity contribution < 1.29 is 27.1 Å². The number of piperidine rings is 1. The Bertz CT molecular complexity index is 1300. The van der Waals surface area contributed by atoms with E-state index in [1.165, 1.54) is 29.6 Å². The maximum absolute atomic E-state index is 15.3. The first-order valence-electron chi connectivity index (χ1n) is 12.3. The van der Waals surface area contributed by atoms with Gasteiger partial charge in [0, 0.05) is 47.3 Å². The number of aromatic amines is 1. The summed E-state index contributed by atoms with van der Waals surface area (Å²) in [6, 6.07) is 4.94. The Labute approximate surface area is 205 Å². The van der Waals surface area contributed by atoms with Crippen molar-refractivity contribution in [3.8, 4) is 5.75 Å². The Morgan fingerprint density at radius 2 is 1.89 bits per heavy atom. The minimum absolute atomic E-state index is 0.0243. The lowest BCUT2D eigenvalue weighted by Gasteiger charge is -2.33. The van der Waals surface area contributed by atoms with Gasteiger partial charge in [0.25, 0.3) is 5.91 Å². The number of alkyl halides is 3. The van der Waals surface area contributed by atoms with Crippen molar-refractivity contribution in [2.24, 2.45) is 0 Å². The van der Waals surface area contributed by atoms with Crippen LogP contribution in [-0.4, -0.2) is 53.3 Å². The van der Waals surface area contributed by atoms with Crippen LogP contribution in [0.2, 0.25) is 0 Å². The van der Waals surface area contributed by atoms with Crippen molar-refractivity contribution in [2.45, 2.75) is 49.8 Å². The van der Waals surface area contributed by atoms with Crippen LogP contribution in [0.25, 0.3) is 11.0 Å². The summed E-state index contributed by atoms with van der Waals surface area (Å²) < 4.78 is 56.4. The van der Waals surface area contributed by atoms with Gasteiger partial charge in [0.05, 0.1) is 6.20 Å². The molecule has 2 aromatic heterocycles. The van der Waals surface area contributed by atoms with Gasteiger partial charge in [-0.1, -0.05) is 0 Å². The highest BCUT2D eigenvalue weighted by atomic mass is 19.4. The van der Waals surface area contributed by atoms with E-state index < -0.39 is 6.36 Å². The van der Waals surface area contributed by atoms with Gasteiger partial charge in [-0.05, 0) is 74.4 Å². The lowest BCUT2D eigenvalue weighted by molar-refractivity contribution is -0.274. The summed E-state index contributed by atoms with van der Waals surface area (Å²) in [6.07, 6.45) is 0.730. The van der Waals surface area contributed by atoms with Crippen LogP contribution in [0.3, 0.4) is 0 Å². The van der Waals surface area contributed by atoms with Gasteiger partial charge in [-0.2, -0.15) is 0 Å². The minimum atomic E-state index is -4.78. The van der Waals surface area contributed by atoms with Crippen molar-refractivity contribution in [1.82, 2.24) is 20.2 Å². The molecule has 2 aliphatic heterocycles. The number of nitrogens with one attached hydrogen (secondary N) is 2. The van der Waals surface area contributed by atoms with Crippen LogP contribution in [0.15, 0.2) is 30.5 Å². The molecule has 0 radical (unpaired) electrons. The number of ether oxygens (including phenoxy) is 1. The van der Waals surface area contributed by atoms with Crippen LogP contribution in [0.1, 0.15) is 58.8 Å². The van der Waals surface area contributed by atoms with Crippen molar-refractivity contribution >= 4 is 16.9 Å². The zero-order valence-corrected chi connectivity index (χ0v) is 19.6. The monoisotopic (exact) mass is 502 g/mol. The molecule has 2 N–H and O–H groups in total. The number of halogens is 4. The lowest BCUT2D eigenvalue weighted by atomic mass is 9.78. The Kier molecular flexibility index (Phi) is 5.47. The molecule has 1 unspecified atom stereocenters. The summed E-state index contributed by atoms with van der Waals surface area (Å²) in [7, 11) is 0. The number of hydrogen-bond donors (Lipinski definition) is 2. The molecular formula is C26H26F4N4O2. The number of carbonyl (C=O) groups is 1. The molecule has 1 aliphatic carbocycles. The number of amides is 1. The molecule has 3 aromatic rings. The van der Waals surface area contributed by atoms with Crippen LogP contribution in [0.5, 0.6) is 5.75 Å². The molecular weight excluding hydrogens is 476 g/mol. The van der Waals surface area contributed by atoms with E-state index in [0.717, 1.165) is 55.5 Å². The number of aryl methyl sites for hydroxylation is 1. The highest BCUT2D eigenvalue weighted by Gasteiger charge is 2.45. The van der Waals surface area contributed by atoms with Gasteiger partial charge in [-0.15, -0.1) is 13.2 Å². The first kappa shape index (κ1) is 23.3. The average Bonchev–Trinajstić information content (AvgIpc) is 3.56. The molecule has 6 rings (SSSR count). The van der Waals surface area contributed by atoms with E-state index in [4.69, 9.17) is 0 Å². The fourth-order valence-electron chi connectivity index (χ4n) is 6.39. The molecule has 2 saturated heterocycles. The van der Waals surface area contributed by atoms with Gasteiger partial charge in [-0.3, -0.25) is 4.79 Å². The summed E-state index contributed by atoms with van der Waals surface area (Å²) in [5.74, 6) is -0.980. The SMILES string of the molecule is O=C(c1ccc(OC(F)(F)F)cc1)N1CCC(c2c(F)cnc3[nH]c4c(c23)C2(CCNC2)CC4)CC1. The number of fused-ring (bicyclic) bond motifs is 4. The normalized spacial score (nSPS) is 22.5. The molecule has 1 atom stereocenters. The number of aromatic nitrogens is 2. The molecule has 1 amide bonds. The third-order valence-corrected chi connectivity index (χ3v) is 8.04. The van der Waals surface area contributed by atoms with E-state index in [-0.39, 0.29) is 28.8 Å². The van der Waals surface area contributed by atoms with Gasteiger partial charge < -0.3 is 19.9 Å². The largest absolute Gasteiger partial charge is 0.573 e. The molecule has 6 nitrogen and oxygen atoms in total. The second kappa shape index (κ2) is 8.47. The highest BCUT2D eigenvalue weighted by Crippen LogP contribution is 2.49. The van der Waals surface area contributed by atoms with Crippen LogP contribution in [0, 0.1) is 5.82 Å². The van der Waals surface area contributed by atoms with Gasteiger partial charge >= 0.3 is 6.36 Å². The minimum Gasteiger partial charge on any atom is -0.406 e. The molecule has 2 fully saturated rings. The van der Waals surface area contributed by atoms with Gasteiger partial charge in [0.1, 0.15) is 17.2 Å². The standard InChI is InChI=1S/C26H26F4N4O2/c27-18-13-32-23-21(22-19(33-23)5-8-25(22)9-10-31-14-25)20(18)15-6-11-34(12-7-15)24(35)16-1-3-17(4-2-16)36-26(28,29)30/h1-4,13,15,31H,5-12,14H2,(H,32,33). The second-order valence-electron chi connectivity index (χ2n) is 10.1. The number of benzene rings is 1. The smallest absolute Gasteiger partial charge is 0.406 e. The van der Waals surface area contributed by atoms with Gasteiger partial charge in [0.2, 0.25) is 0 Å². The van der Waals surface area contributed by atoms with E-state index >= 15 is 4.39 Å². The summed E-state index contributed by atoms with van der Waals surface area (Å²) in [6.45, 7) is 2.72. The van der Waals surface area contributed by atoms with Crippen LogP contribution < -0.4 is 10.1 Å². The second-order valence-corrected chi connectivity index (χ2v) is 10.1. The molecule has 190 valence electrons. The molecule has 36 heavy (non-hydrogen) atoms. The molecule has 0 bridgehead atoms. The van der Waals surface area contributed by atoms with E-state index in [0.29, 0.717) is 37.1 Å². The third kappa shape index (κ3) is 3.91. The predicted molar refractivity (Wildman–Crippen MR) is 125 cm³/mol. The Balaban J connectivity index is 1.22. The van der Waals surface area contributed by atoms with Crippen LogP contribution in [-0.2, 0) is 11.8 Å². The first-order chi connectivity index (χ1) is 17.2. The third-order valence-electron chi connectivity index (χ3n) is 8.04. The first-order valence-corrected chi connectivity index (χ1v) is 12.3. The van der Waals surface area contributed by atoms with E-state index in [1.54, 1.807) is 4.90 Å². The molecule has 3 aliphatic rings. The van der Waals surface area contributed by atoms with Gasteiger partial charge in [-0.25, -0.2) is 9.37 Å². The number of carbonyl (C=O) groups excluding carboxylic acids is 1. The quantitative estimate of drug-likeness (QED) is 0.505. The zero-order valence-electron chi connectivity index (χ0n) is 19.6. The summed E-state index contributed by atoms with van der Waals surface area (Å²) in [5, 5.41) is 4.40. The predicted octanol–water partition coefficient (Wildman–Crippen LogP) is 4.80. The Morgan fingerprint density at radius 1 is 1.14 bits per heavy atom. The number of rotatable bonds is 3. The van der Waals surface area contributed by atoms with Crippen molar-refractivity contribution in [3.05, 3.63) is 58.7 Å². The fourth-order valence-corrected chi connectivity index (χ4v) is 6.39. The zero-order chi connectivity index (χ0) is 25.1. The fraction of sp³-hybridized carbons (Fsp3) is 0.462. The van der Waals surface area contributed by atoms with Gasteiger partial charge in [0.15, 0.2) is 0 Å². The van der Waals surface area contributed by atoms with E-state index in [1.807, 2.05) is 0 Å². The maximum Gasteiger partial charge on any atom is 0.573 e. The van der Waals surface area contributed by atoms with Crippen LogP contribution >= 0.6 is 0 Å². The van der Waals surface area contributed by atoms with Crippen molar-refractivity contribution in [3.63, 3.8) is 0 Å². The van der Waals surface area contributed by atoms with Crippen molar-refractivity contribution in [1.29, 1.82) is 0 Å². The highest BCUT2D eigenvalue weighted by molar-refractivity contribution is 5.94. The van der Waals surface area contributed by atoms with Crippen molar-refractivity contribution in [2.75, 3.05) is 26.2 Å². The lowest BCUT2D eigenvalue weighted by Crippen LogP contribution is -2.38. The number of likely N-dealkylation sites (tertiary alicyclic amines) is 1. The molecule has 10 heteroatoms. The topological polar surface area (TPSA) is 70.2 Å². The van der Waals surface area contributed by atoms with Crippen LogP contribution in [0.4, 0.5) is 17.6 Å². The summed E-state index contributed by atoms with van der Waals surface area (Å²) >= 11 is 0. The molecule has 1 aromatic carbocycles. The maximum atomic E-state index is 15.3. The van der Waals surface area contributed by atoms with E-state index in [9.17, 15) is 18.0 Å². The number of nitrogens with zero attached hydrogens (tertiary/aromatic N) is 2. The Hall–Kier alpha value is -3.14. The summed E-state index contributed by atoms with van der Waals surface area (Å²) in [4.78, 5) is 22.5. The molecule has 4 heterocycles. The number of pyridine rings is 1. The molecule has 0 saturated carbocycles. The molecule has 1 spiro atoms.